The first-order valence-corrected chi connectivity index (χ1v) is 9.76. The maximum absolute atomic E-state index is 12.5. The minimum absolute atomic E-state index is 0.00467. The van der Waals surface area contributed by atoms with E-state index in [0.717, 1.165) is 16.9 Å². The molecule has 0 saturated carbocycles. The molecule has 0 spiro atoms. The van der Waals surface area contributed by atoms with E-state index in [1.54, 1.807) is 43.3 Å². The van der Waals surface area contributed by atoms with Crippen molar-refractivity contribution in [1.82, 2.24) is 4.90 Å². The molecule has 0 atom stereocenters. The summed E-state index contributed by atoms with van der Waals surface area (Å²) in [4.78, 5) is 26.3. The minimum atomic E-state index is -0.336. The summed E-state index contributed by atoms with van der Waals surface area (Å²) in [5.74, 6) is 0.653. The molecule has 0 aliphatic heterocycles. The summed E-state index contributed by atoms with van der Waals surface area (Å²) >= 11 is 3.17. The Kier molecular flexibility index (Phi) is 6.72. The number of halogens is 1. The van der Waals surface area contributed by atoms with Gasteiger partial charge in [-0.2, -0.15) is 0 Å². The number of anilines is 1. The van der Waals surface area contributed by atoms with E-state index in [0.29, 0.717) is 16.9 Å². The Morgan fingerprint density at radius 3 is 2.48 bits per heavy atom. The zero-order valence-electron chi connectivity index (χ0n) is 16.1. The largest absolute Gasteiger partial charge is 0.497 e. The number of rotatable bonds is 7. The number of carbonyl (C=O) groups excluding carboxylic acids is 2. The number of likely N-dealkylation sites (N-methyl/N-ethyl adjacent to an activating group) is 1. The van der Waals surface area contributed by atoms with E-state index in [4.69, 9.17) is 9.15 Å². The maximum atomic E-state index is 12.5. The molecule has 0 aliphatic carbocycles. The van der Waals surface area contributed by atoms with Crippen molar-refractivity contribution in [3.05, 3.63) is 82.2 Å². The van der Waals surface area contributed by atoms with E-state index in [-0.39, 0.29) is 24.0 Å². The summed E-state index contributed by atoms with van der Waals surface area (Å²) < 4.78 is 10.9. The second-order valence-corrected chi connectivity index (χ2v) is 7.31. The molecule has 0 bridgehead atoms. The number of nitrogens with one attached hydrogen (secondary N) is 1. The third-order valence-electron chi connectivity index (χ3n) is 4.34. The van der Waals surface area contributed by atoms with Crippen molar-refractivity contribution in [2.75, 3.05) is 19.5 Å². The third-order valence-corrected chi connectivity index (χ3v) is 4.77. The Morgan fingerprint density at radius 2 is 1.83 bits per heavy atom. The van der Waals surface area contributed by atoms with Gasteiger partial charge in [-0.1, -0.05) is 24.3 Å². The van der Waals surface area contributed by atoms with Gasteiger partial charge < -0.3 is 19.4 Å². The van der Waals surface area contributed by atoms with Crippen LogP contribution in [0.3, 0.4) is 0 Å². The van der Waals surface area contributed by atoms with Gasteiger partial charge >= 0.3 is 0 Å². The van der Waals surface area contributed by atoms with Crippen molar-refractivity contribution in [1.29, 1.82) is 0 Å². The van der Waals surface area contributed by atoms with Gasteiger partial charge in [0.2, 0.25) is 5.91 Å². The van der Waals surface area contributed by atoms with Gasteiger partial charge in [0.05, 0.1) is 13.5 Å². The van der Waals surface area contributed by atoms with Crippen LogP contribution in [0, 0.1) is 0 Å². The highest BCUT2D eigenvalue weighted by Crippen LogP contribution is 2.17. The molecule has 3 rings (SSSR count). The Morgan fingerprint density at radius 1 is 1.07 bits per heavy atom. The molecule has 150 valence electrons. The first-order valence-electron chi connectivity index (χ1n) is 8.97. The van der Waals surface area contributed by atoms with Gasteiger partial charge in [0.25, 0.3) is 5.91 Å². The fraction of sp³-hybridized carbons (Fsp3) is 0.182. The maximum Gasteiger partial charge on any atom is 0.291 e. The summed E-state index contributed by atoms with van der Waals surface area (Å²) in [5.41, 5.74) is 2.50. The SMILES string of the molecule is COc1cccc(CN(C)C(=O)Cc2ccc(NC(=O)c3ccc(Br)o3)cc2)c1. The topological polar surface area (TPSA) is 71.8 Å². The van der Waals surface area contributed by atoms with Gasteiger partial charge in [-0.15, -0.1) is 0 Å². The van der Waals surface area contributed by atoms with E-state index in [9.17, 15) is 9.59 Å². The quantitative estimate of drug-likeness (QED) is 0.567. The highest BCUT2D eigenvalue weighted by molar-refractivity contribution is 9.10. The van der Waals surface area contributed by atoms with Crippen molar-refractivity contribution in [2.24, 2.45) is 0 Å². The van der Waals surface area contributed by atoms with Crippen molar-refractivity contribution in [3.63, 3.8) is 0 Å². The van der Waals surface area contributed by atoms with Crippen LogP contribution in [-0.4, -0.2) is 30.9 Å². The molecule has 2 aromatic carbocycles. The summed E-state index contributed by atoms with van der Waals surface area (Å²) in [6, 6.07) is 18.1. The van der Waals surface area contributed by atoms with Crippen LogP contribution in [0.2, 0.25) is 0 Å². The van der Waals surface area contributed by atoms with Crippen LogP contribution in [0.4, 0.5) is 5.69 Å². The molecule has 0 unspecified atom stereocenters. The van der Waals surface area contributed by atoms with Gasteiger partial charge in [0.1, 0.15) is 5.75 Å². The minimum Gasteiger partial charge on any atom is -0.497 e. The molecule has 29 heavy (non-hydrogen) atoms. The summed E-state index contributed by atoms with van der Waals surface area (Å²) in [6.07, 6.45) is 0.278. The van der Waals surface area contributed by atoms with Gasteiger partial charge in [-0.25, -0.2) is 0 Å². The van der Waals surface area contributed by atoms with Crippen LogP contribution in [-0.2, 0) is 17.8 Å². The predicted molar refractivity (Wildman–Crippen MR) is 114 cm³/mol. The van der Waals surface area contributed by atoms with Crippen molar-refractivity contribution in [3.8, 4) is 5.75 Å². The molecule has 1 N–H and O–H groups in total. The molecule has 0 radical (unpaired) electrons. The molecular formula is C22H21BrN2O4. The average molecular weight is 457 g/mol. The van der Waals surface area contributed by atoms with Gasteiger partial charge in [-0.05, 0) is 63.5 Å². The molecule has 1 heterocycles. The van der Waals surface area contributed by atoms with Crippen LogP contribution in [0.15, 0.2) is 69.8 Å². The number of carbonyl (C=O) groups is 2. The average Bonchev–Trinajstić information content (AvgIpc) is 3.16. The van der Waals surface area contributed by atoms with Crippen LogP contribution in [0.1, 0.15) is 21.7 Å². The summed E-state index contributed by atoms with van der Waals surface area (Å²) in [5, 5.41) is 2.76. The number of furan rings is 1. The molecule has 1 aromatic heterocycles. The predicted octanol–water partition coefficient (Wildman–Crippen LogP) is 4.50. The number of hydrogen-bond donors (Lipinski definition) is 1. The standard InChI is InChI=1S/C22H21BrN2O4/c1-25(14-16-4-3-5-18(12-16)28-2)21(26)13-15-6-8-17(9-7-15)24-22(27)19-10-11-20(23)29-19/h3-12H,13-14H2,1-2H3,(H,24,27). The summed E-state index contributed by atoms with van der Waals surface area (Å²) in [7, 11) is 3.39. The third kappa shape index (κ3) is 5.71. The lowest BCUT2D eigenvalue weighted by molar-refractivity contribution is -0.129. The second kappa shape index (κ2) is 9.43. The first-order chi connectivity index (χ1) is 13.9. The van der Waals surface area contributed by atoms with E-state index in [1.807, 2.05) is 36.4 Å². The van der Waals surface area contributed by atoms with Gasteiger partial charge in [0, 0.05) is 19.3 Å². The Labute approximate surface area is 177 Å². The fourth-order valence-electron chi connectivity index (χ4n) is 2.78. The highest BCUT2D eigenvalue weighted by atomic mass is 79.9. The molecule has 0 aliphatic rings. The van der Waals surface area contributed by atoms with Crippen LogP contribution in [0.25, 0.3) is 0 Å². The highest BCUT2D eigenvalue weighted by Gasteiger charge is 2.13. The van der Waals surface area contributed by atoms with Crippen LogP contribution >= 0.6 is 15.9 Å². The molecule has 3 aromatic rings. The normalized spacial score (nSPS) is 10.4. The van der Waals surface area contributed by atoms with E-state index < -0.39 is 0 Å². The number of hydrogen-bond acceptors (Lipinski definition) is 4. The Bertz CT molecular complexity index is 998. The van der Waals surface area contributed by atoms with Crippen molar-refractivity contribution < 1.29 is 18.7 Å². The molecular weight excluding hydrogens is 436 g/mol. The zero-order chi connectivity index (χ0) is 20.8. The molecule has 7 heteroatoms. The number of nitrogens with zero attached hydrogens (tertiary/aromatic N) is 1. The van der Waals surface area contributed by atoms with E-state index >= 15 is 0 Å². The van der Waals surface area contributed by atoms with Gasteiger partial charge in [-0.3, -0.25) is 9.59 Å². The molecule has 2 amide bonds. The lowest BCUT2D eigenvalue weighted by atomic mass is 10.1. The van der Waals surface area contributed by atoms with Crippen molar-refractivity contribution in [2.45, 2.75) is 13.0 Å². The zero-order valence-corrected chi connectivity index (χ0v) is 17.7. The Hall–Kier alpha value is -3.06. The van der Waals surface area contributed by atoms with Crippen LogP contribution < -0.4 is 10.1 Å². The van der Waals surface area contributed by atoms with E-state index in [2.05, 4.69) is 21.2 Å². The smallest absolute Gasteiger partial charge is 0.291 e. The van der Waals surface area contributed by atoms with Crippen LogP contribution in [0.5, 0.6) is 5.75 Å². The Balaban J connectivity index is 1.55. The summed E-state index contributed by atoms with van der Waals surface area (Å²) in [6.45, 7) is 0.503. The number of amides is 2. The molecule has 0 saturated heterocycles. The second-order valence-electron chi connectivity index (χ2n) is 6.53. The molecule has 0 fully saturated rings. The number of ether oxygens (including phenoxy) is 1. The lowest BCUT2D eigenvalue weighted by Crippen LogP contribution is -2.27. The number of benzene rings is 2. The molecule has 6 nitrogen and oxygen atoms in total. The monoisotopic (exact) mass is 456 g/mol. The fourth-order valence-corrected chi connectivity index (χ4v) is 3.08. The lowest BCUT2D eigenvalue weighted by Gasteiger charge is -2.18. The van der Waals surface area contributed by atoms with Gasteiger partial charge in [0.15, 0.2) is 10.4 Å². The first kappa shape index (κ1) is 20.7. The number of methoxy groups -OCH3 is 1. The van der Waals surface area contributed by atoms with Crippen molar-refractivity contribution >= 4 is 33.4 Å². The van der Waals surface area contributed by atoms with E-state index in [1.165, 1.54) is 0 Å².